The Morgan fingerprint density at radius 2 is 2.47 bits per heavy atom. The van der Waals surface area contributed by atoms with Gasteiger partial charge >= 0.3 is 0 Å². The molecule has 5 nitrogen and oxygen atoms in total. The van der Waals surface area contributed by atoms with E-state index in [-0.39, 0.29) is 12.0 Å². The van der Waals surface area contributed by atoms with Crippen molar-refractivity contribution in [3.8, 4) is 0 Å². The average molecular weight is 265 g/mol. The van der Waals surface area contributed by atoms with E-state index < -0.39 is 0 Å². The van der Waals surface area contributed by atoms with Crippen LogP contribution < -0.4 is 5.32 Å². The molecule has 19 heavy (non-hydrogen) atoms. The molecular formula is C14H23N3O2. The second kappa shape index (κ2) is 7.28. The number of ether oxygens (including phenoxy) is 1. The van der Waals surface area contributed by atoms with Gasteiger partial charge in [-0.05, 0) is 32.1 Å². The van der Waals surface area contributed by atoms with Crippen molar-refractivity contribution in [3.63, 3.8) is 0 Å². The first-order valence-corrected chi connectivity index (χ1v) is 7.23. The van der Waals surface area contributed by atoms with E-state index in [0.717, 1.165) is 44.4 Å². The molecule has 2 rings (SSSR count). The van der Waals surface area contributed by atoms with Crippen LogP contribution in [0.2, 0.25) is 0 Å². The lowest BCUT2D eigenvalue weighted by Gasteiger charge is -2.22. The molecule has 1 saturated heterocycles. The van der Waals surface area contributed by atoms with Crippen molar-refractivity contribution < 1.29 is 9.53 Å². The van der Waals surface area contributed by atoms with Crippen molar-refractivity contribution in [1.82, 2.24) is 10.2 Å². The van der Waals surface area contributed by atoms with Gasteiger partial charge in [0.05, 0.1) is 6.10 Å². The van der Waals surface area contributed by atoms with Gasteiger partial charge in [0.15, 0.2) is 5.82 Å². The lowest BCUT2D eigenvalue weighted by Crippen LogP contribution is -2.21. The first-order valence-electron chi connectivity index (χ1n) is 7.23. The Hall–Kier alpha value is -1.36. The summed E-state index contributed by atoms with van der Waals surface area (Å²) >= 11 is 0. The highest BCUT2D eigenvalue weighted by Crippen LogP contribution is 2.17. The Labute approximate surface area is 114 Å². The van der Waals surface area contributed by atoms with Crippen LogP contribution in [0.4, 0.5) is 5.82 Å². The van der Waals surface area contributed by atoms with Gasteiger partial charge in [0.1, 0.15) is 0 Å². The van der Waals surface area contributed by atoms with E-state index in [2.05, 4.69) is 22.4 Å². The molecule has 1 aromatic rings. The highest BCUT2D eigenvalue weighted by atomic mass is 16.5. The minimum atomic E-state index is 0.0173. The predicted molar refractivity (Wildman–Crippen MR) is 74.0 cm³/mol. The monoisotopic (exact) mass is 265 g/mol. The SMILES string of the molecule is CCCc1cc(NC(=O)CCC2CCCCO2)n[nH]1. The first-order chi connectivity index (χ1) is 9.28. The second-order valence-electron chi connectivity index (χ2n) is 5.10. The number of aryl methyl sites for hydroxylation is 1. The number of hydrogen-bond donors (Lipinski definition) is 2. The smallest absolute Gasteiger partial charge is 0.225 e. The molecule has 1 aliphatic rings. The number of rotatable bonds is 6. The van der Waals surface area contributed by atoms with Gasteiger partial charge in [-0.25, -0.2) is 0 Å². The minimum absolute atomic E-state index is 0.0173. The van der Waals surface area contributed by atoms with E-state index in [9.17, 15) is 4.79 Å². The van der Waals surface area contributed by atoms with Crippen LogP contribution in [-0.4, -0.2) is 28.8 Å². The van der Waals surface area contributed by atoms with E-state index in [4.69, 9.17) is 4.74 Å². The summed E-state index contributed by atoms with van der Waals surface area (Å²) in [6.45, 7) is 2.95. The fourth-order valence-electron chi connectivity index (χ4n) is 2.36. The van der Waals surface area contributed by atoms with Crippen LogP contribution in [0.15, 0.2) is 6.07 Å². The lowest BCUT2D eigenvalue weighted by atomic mass is 10.0. The van der Waals surface area contributed by atoms with Crippen LogP contribution in [0, 0.1) is 0 Å². The molecule has 1 amide bonds. The summed E-state index contributed by atoms with van der Waals surface area (Å²) in [5, 5.41) is 9.83. The van der Waals surface area contributed by atoms with E-state index in [1.807, 2.05) is 6.07 Å². The summed E-state index contributed by atoms with van der Waals surface area (Å²) < 4.78 is 5.61. The standard InChI is InChI=1S/C14H23N3O2/c1-2-5-11-10-13(17-16-11)15-14(18)8-7-12-6-3-4-9-19-12/h10,12H,2-9H2,1H3,(H2,15,16,17,18). The molecule has 0 aliphatic carbocycles. The maximum absolute atomic E-state index is 11.8. The van der Waals surface area contributed by atoms with Crippen LogP contribution >= 0.6 is 0 Å². The van der Waals surface area contributed by atoms with Gasteiger partial charge in [-0.1, -0.05) is 13.3 Å². The van der Waals surface area contributed by atoms with E-state index >= 15 is 0 Å². The Morgan fingerprint density at radius 1 is 1.58 bits per heavy atom. The highest BCUT2D eigenvalue weighted by Gasteiger charge is 2.15. The third-order valence-corrected chi connectivity index (χ3v) is 3.39. The van der Waals surface area contributed by atoms with Gasteiger partial charge < -0.3 is 10.1 Å². The molecule has 1 fully saturated rings. The molecule has 0 aromatic carbocycles. The molecule has 0 radical (unpaired) electrons. The first kappa shape index (κ1) is 14.1. The van der Waals surface area contributed by atoms with Gasteiger partial charge in [0.2, 0.25) is 5.91 Å². The average Bonchev–Trinajstić information content (AvgIpc) is 2.85. The van der Waals surface area contributed by atoms with Crippen molar-refractivity contribution >= 4 is 11.7 Å². The fraction of sp³-hybridized carbons (Fsp3) is 0.714. The van der Waals surface area contributed by atoms with Gasteiger partial charge in [-0.15, -0.1) is 0 Å². The minimum Gasteiger partial charge on any atom is -0.378 e. The Kier molecular flexibility index (Phi) is 5.39. The van der Waals surface area contributed by atoms with Crippen LogP contribution in [0.25, 0.3) is 0 Å². The lowest BCUT2D eigenvalue weighted by molar-refractivity contribution is -0.117. The van der Waals surface area contributed by atoms with Crippen molar-refractivity contribution in [1.29, 1.82) is 0 Å². The molecule has 2 N–H and O–H groups in total. The number of carbonyl (C=O) groups is 1. The summed E-state index contributed by atoms with van der Waals surface area (Å²) in [7, 11) is 0. The summed E-state index contributed by atoms with van der Waals surface area (Å²) in [6, 6.07) is 1.90. The van der Waals surface area contributed by atoms with Crippen LogP contribution in [0.5, 0.6) is 0 Å². The van der Waals surface area contributed by atoms with Gasteiger partial charge in [0.25, 0.3) is 0 Å². The molecule has 0 saturated carbocycles. The molecule has 1 atom stereocenters. The topological polar surface area (TPSA) is 67.0 Å². The van der Waals surface area contributed by atoms with Gasteiger partial charge in [-0.2, -0.15) is 5.10 Å². The van der Waals surface area contributed by atoms with Crippen LogP contribution in [-0.2, 0) is 16.0 Å². The number of carbonyl (C=O) groups excluding carboxylic acids is 1. The summed E-state index contributed by atoms with van der Waals surface area (Å²) in [6.07, 6.45) is 7.03. The predicted octanol–water partition coefficient (Wildman–Crippen LogP) is 2.65. The van der Waals surface area contributed by atoms with Crippen LogP contribution in [0.3, 0.4) is 0 Å². The summed E-state index contributed by atoms with van der Waals surface area (Å²) in [4.78, 5) is 11.8. The summed E-state index contributed by atoms with van der Waals surface area (Å²) in [5.74, 6) is 0.640. The Morgan fingerprint density at radius 3 is 3.21 bits per heavy atom. The van der Waals surface area contributed by atoms with Crippen LogP contribution in [0.1, 0.15) is 51.1 Å². The number of aromatic nitrogens is 2. The van der Waals surface area contributed by atoms with E-state index in [1.54, 1.807) is 0 Å². The quantitative estimate of drug-likeness (QED) is 0.831. The number of anilines is 1. The van der Waals surface area contributed by atoms with E-state index in [0.29, 0.717) is 12.2 Å². The maximum Gasteiger partial charge on any atom is 0.225 e. The zero-order valence-corrected chi connectivity index (χ0v) is 11.6. The van der Waals surface area contributed by atoms with Crippen molar-refractivity contribution in [2.24, 2.45) is 0 Å². The zero-order valence-electron chi connectivity index (χ0n) is 11.6. The number of amides is 1. The molecule has 106 valence electrons. The molecule has 2 heterocycles. The Bertz CT molecular complexity index is 397. The normalized spacial score (nSPS) is 19.3. The number of nitrogens with one attached hydrogen (secondary N) is 2. The Balaban J connectivity index is 1.70. The molecule has 1 aliphatic heterocycles. The number of H-pyrrole nitrogens is 1. The fourth-order valence-corrected chi connectivity index (χ4v) is 2.36. The molecule has 0 bridgehead atoms. The number of hydrogen-bond acceptors (Lipinski definition) is 3. The van der Waals surface area contributed by atoms with E-state index in [1.165, 1.54) is 6.42 Å². The van der Waals surface area contributed by atoms with Gasteiger partial charge in [0, 0.05) is 24.8 Å². The molecule has 1 aromatic heterocycles. The molecular weight excluding hydrogens is 242 g/mol. The largest absolute Gasteiger partial charge is 0.378 e. The molecule has 1 unspecified atom stereocenters. The highest BCUT2D eigenvalue weighted by molar-refractivity contribution is 5.89. The van der Waals surface area contributed by atoms with Crippen molar-refractivity contribution in [3.05, 3.63) is 11.8 Å². The third-order valence-electron chi connectivity index (χ3n) is 3.39. The van der Waals surface area contributed by atoms with Crippen molar-refractivity contribution in [2.75, 3.05) is 11.9 Å². The van der Waals surface area contributed by atoms with Gasteiger partial charge in [-0.3, -0.25) is 9.89 Å². The summed E-state index contributed by atoms with van der Waals surface area (Å²) in [5.41, 5.74) is 1.06. The maximum atomic E-state index is 11.8. The third kappa shape index (κ3) is 4.67. The second-order valence-corrected chi connectivity index (χ2v) is 5.10. The number of nitrogens with zero attached hydrogens (tertiary/aromatic N) is 1. The van der Waals surface area contributed by atoms with Crippen molar-refractivity contribution in [2.45, 2.75) is 58.0 Å². The zero-order chi connectivity index (χ0) is 13.5. The molecule has 0 spiro atoms. The molecule has 5 heteroatoms. The number of aromatic amines is 1.